The van der Waals surface area contributed by atoms with Gasteiger partial charge in [0.25, 0.3) is 0 Å². The van der Waals surface area contributed by atoms with Crippen molar-refractivity contribution in [1.29, 1.82) is 0 Å². The fraction of sp³-hybridized carbons (Fsp3) is 0.235. The number of carbonyl (C=O) groups is 1. The van der Waals surface area contributed by atoms with Crippen molar-refractivity contribution in [2.75, 3.05) is 5.32 Å². The molecule has 0 saturated heterocycles. The number of nitrogens with one attached hydrogen (secondary N) is 1. The first-order valence-electron chi connectivity index (χ1n) is 7.16. The molecule has 0 radical (unpaired) electrons. The number of nitrogens with zero attached hydrogens (tertiary/aromatic N) is 2. The van der Waals surface area contributed by atoms with Crippen molar-refractivity contribution in [3.63, 3.8) is 0 Å². The lowest BCUT2D eigenvalue weighted by Gasteiger charge is -2.17. The first-order valence-corrected chi connectivity index (χ1v) is 7.95. The number of rotatable bonds is 2. The van der Waals surface area contributed by atoms with Crippen LogP contribution in [0.4, 0.5) is 5.69 Å². The van der Waals surface area contributed by atoms with Gasteiger partial charge in [0, 0.05) is 28.0 Å². The number of aromatic nitrogens is 2. The average molecular weight is 374 g/mol. The number of oxazole rings is 1. The minimum Gasteiger partial charge on any atom is -0.436 e. The SMILES string of the molecule is CC(C)(C)C(=O)Nc1ccc2oc(-c3cncc(Br)c3)nc2c1. The Morgan fingerprint density at radius 1 is 1.22 bits per heavy atom. The molecular formula is C17H16BrN3O2. The van der Waals surface area contributed by atoms with Gasteiger partial charge in [-0.3, -0.25) is 9.78 Å². The van der Waals surface area contributed by atoms with Crippen LogP contribution >= 0.6 is 15.9 Å². The first-order chi connectivity index (χ1) is 10.8. The van der Waals surface area contributed by atoms with Crippen LogP contribution in [0.1, 0.15) is 20.8 Å². The Labute approximate surface area is 142 Å². The minimum atomic E-state index is -0.452. The van der Waals surface area contributed by atoms with E-state index in [1.165, 1.54) is 0 Å². The van der Waals surface area contributed by atoms with E-state index in [1.807, 2.05) is 26.8 Å². The molecule has 2 aromatic heterocycles. The van der Waals surface area contributed by atoms with Gasteiger partial charge in [-0.1, -0.05) is 20.8 Å². The molecular weight excluding hydrogens is 358 g/mol. The molecule has 3 aromatic rings. The van der Waals surface area contributed by atoms with Crippen LogP contribution in [0.5, 0.6) is 0 Å². The number of amides is 1. The van der Waals surface area contributed by atoms with Crippen molar-refractivity contribution in [3.05, 3.63) is 41.1 Å². The van der Waals surface area contributed by atoms with E-state index in [-0.39, 0.29) is 5.91 Å². The van der Waals surface area contributed by atoms with Gasteiger partial charge in [-0.15, -0.1) is 0 Å². The van der Waals surface area contributed by atoms with Gasteiger partial charge in [-0.05, 0) is 40.2 Å². The predicted octanol–water partition coefficient (Wildman–Crippen LogP) is 4.64. The van der Waals surface area contributed by atoms with Crippen LogP contribution in [0.3, 0.4) is 0 Å². The molecule has 0 atom stereocenters. The number of carbonyl (C=O) groups excluding carboxylic acids is 1. The van der Waals surface area contributed by atoms with E-state index in [4.69, 9.17) is 4.42 Å². The second-order valence-corrected chi connectivity index (χ2v) is 7.21. The second-order valence-electron chi connectivity index (χ2n) is 6.30. The summed E-state index contributed by atoms with van der Waals surface area (Å²) in [5, 5.41) is 2.89. The largest absolute Gasteiger partial charge is 0.436 e. The van der Waals surface area contributed by atoms with Crippen molar-refractivity contribution < 1.29 is 9.21 Å². The average Bonchev–Trinajstić information content (AvgIpc) is 2.89. The number of pyridine rings is 1. The third-order valence-corrected chi connectivity index (χ3v) is 3.71. The topological polar surface area (TPSA) is 68.0 Å². The molecule has 3 rings (SSSR count). The Morgan fingerprint density at radius 3 is 2.70 bits per heavy atom. The summed E-state index contributed by atoms with van der Waals surface area (Å²) in [6.45, 7) is 5.61. The zero-order valence-electron chi connectivity index (χ0n) is 13.1. The third-order valence-electron chi connectivity index (χ3n) is 3.28. The highest BCUT2D eigenvalue weighted by atomic mass is 79.9. The first kappa shape index (κ1) is 15.7. The molecule has 0 unspecified atom stereocenters. The van der Waals surface area contributed by atoms with Gasteiger partial charge < -0.3 is 9.73 Å². The smallest absolute Gasteiger partial charge is 0.229 e. The van der Waals surface area contributed by atoms with E-state index < -0.39 is 5.41 Å². The van der Waals surface area contributed by atoms with Gasteiger partial charge in [0.1, 0.15) is 5.52 Å². The highest BCUT2D eigenvalue weighted by molar-refractivity contribution is 9.10. The normalized spacial score (nSPS) is 11.7. The lowest BCUT2D eigenvalue weighted by atomic mass is 9.95. The van der Waals surface area contributed by atoms with Crippen LogP contribution < -0.4 is 5.32 Å². The van der Waals surface area contributed by atoms with Crippen LogP contribution in [0.2, 0.25) is 0 Å². The Hall–Kier alpha value is -2.21. The van der Waals surface area contributed by atoms with Gasteiger partial charge in [-0.25, -0.2) is 4.98 Å². The summed E-state index contributed by atoms with van der Waals surface area (Å²) in [5.41, 5.74) is 2.38. The molecule has 2 heterocycles. The van der Waals surface area contributed by atoms with Gasteiger partial charge in [0.2, 0.25) is 11.8 Å². The fourth-order valence-corrected chi connectivity index (χ4v) is 2.34. The Kier molecular flexibility index (Phi) is 3.93. The molecule has 23 heavy (non-hydrogen) atoms. The predicted molar refractivity (Wildman–Crippen MR) is 93.0 cm³/mol. The second kappa shape index (κ2) is 5.77. The lowest BCUT2D eigenvalue weighted by Crippen LogP contribution is -2.27. The van der Waals surface area contributed by atoms with Crippen molar-refractivity contribution in [3.8, 4) is 11.5 Å². The van der Waals surface area contributed by atoms with E-state index in [2.05, 4.69) is 31.2 Å². The molecule has 1 aromatic carbocycles. The molecule has 5 nitrogen and oxygen atoms in total. The molecule has 0 aliphatic heterocycles. The van der Waals surface area contributed by atoms with Crippen molar-refractivity contribution in [1.82, 2.24) is 9.97 Å². The minimum absolute atomic E-state index is 0.0447. The summed E-state index contributed by atoms with van der Waals surface area (Å²) in [4.78, 5) is 20.7. The molecule has 0 aliphatic rings. The van der Waals surface area contributed by atoms with Gasteiger partial charge >= 0.3 is 0 Å². The molecule has 0 saturated carbocycles. The summed E-state index contributed by atoms with van der Waals surface area (Å²) in [5.74, 6) is 0.449. The quantitative estimate of drug-likeness (QED) is 0.710. The molecule has 0 spiro atoms. The number of halogens is 1. The Morgan fingerprint density at radius 2 is 2.00 bits per heavy atom. The maximum absolute atomic E-state index is 12.1. The number of hydrogen-bond donors (Lipinski definition) is 1. The van der Waals surface area contributed by atoms with Crippen molar-refractivity contribution in [2.45, 2.75) is 20.8 Å². The Bertz CT molecular complexity index is 881. The molecule has 6 heteroatoms. The standard InChI is InChI=1S/C17H16BrN3O2/c1-17(2,3)16(22)20-12-4-5-14-13(7-12)21-15(23-14)10-6-11(18)9-19-8-10/h4-9H,1-3H3,(H,20,22). The fourth-order valence-electron chi connectivity index (χ4n) is 1.98. The summed E-state index contributed by atoms with van der Waals surface area (Å²) in [6.07, 6.45) is 3.39. The summed E-state index contributed by atoms with van der Waals surface area (Å²) >= 11 is 3.38. The number of hydrogen-bond acceptors (Lipinski definition) is 4. The van der Waals surface area contributed by atoms with Crippen molar-refractivity contribution >= 4 is 38.6 Å². The Balaban J connectivity index is 1.94. The molecule has 0 fully saturated rings. The lowest BCUT2D eigenvalue weighted by molar-refractivity contribution is -0.123. The number of benzene rings is 1. The van der Waals surface area contributed by atoms with Crippen LogP contribution in [0.25, 0.3) is 22.6 Å². The van der Waals surface area contributed by atoms with E-state index in [0.717, 1.165) is 10.0 Å². The maximum atomic E-state index is 12.1. The highest BCUT2D eigenvalue weighted by Crippen LogP contribution is 2.27. The summed E-state index contributed by atoms with van der Waals surface area (Å²) in [6, 6.07) is 7.30. The molecule has 0 bridgehead atoms. The molecule has 0 aliphatic carbocycles. The van der Waals surface area contributed by atoms with Crippen molar-refractivity contribution in [2.24, 2.45) is 5.41 Å². The maximum Gasteiger partial charge on any atom is 0.229 e. The monoisotopic (exact) mass is 373 g/mol. The van der Waals surface area contributed by atoms with E-state index >= 15 is 0 Å². The zero-order valence-corrected chi connectivity index (χ0v) is 14.6. The molecule has 1 amide bonds. The summed E-state index contributed by atoms with van der Waals surface area (Å²) < 4.78 is 6.61. The van der Waals surface area contributed by atoms with Gasteiger partial charge in [0.05, 0.1) is 5.56 Å². The van der Waals surface area contributed by atoms with E-state index in [0.29, 0.717) is 22.7 Å². The van der Waals surface area contributed by atoms with Crippen LogP contribution in [-0.2, 0) is 4.79 Å². The van der Waals surface area contributed by atoms with E-state index in [9.17, 15) is 4.79 Å². The van der Waals surface area contributed by atoms with Gasteiger partial charge in [0.15, 0.2) is 5.58 Å². The summed E-state index contributed by atoms with van der Waals surface area (Å²) in [7, 11) is 0. The van der Waals surface area contributed by atoms with Crippen LogP contribution in [-0.4, -0.2) is 15.9 Å². The molecule has 1 N–H and O–H groups in total. The molecule has 118 valence electrons. The van der Waals surface area contributed by atoms with Crippen LogP contribution in [0, 0.1) is 5.41 Å². The zero-order chi connectivity index (χ0) is 16.6. The van der Waals surface area contributed by atoms with E-state index in [1.54, 1.807) is 30.6 Å². The third kappa shape index (κ3) is 3.42. The number of anilines is 1. The number of fused-ring (bicyclic) bond motifs is 1. The van der Waals surface area contributed by atoms with Gasteiger partial charge in [-0.2, -0.15) is 0 Å². The van der Waals surface area contributed by atoms with Crippen LogP contribution in [0.15, 0.2) is 45.5 Å². The highest BCUT2D eigenvalue weighted by Gasteiger charge is 2.21.